The maximum Gasteiger partial charge on any atom is 0.225 e. The highest BCUT2D eigenvalue weighted by Crippen LogP contribution is 2.33. The van der Waals surface area contributed by atoms with Gasteiger partial charge in [-0.3, -0.25) is 4.79 Å². The standard InChI is InChI=1S/C17H17BrN2O/c1-11-6-7-13(18)9-16(11)20-17(21)8-12-10-19-15-5-3-2-4-14(12)15/h2-7,9,12,19H,8,10H2,1H3,(H,20,21). The topological polar surface area (TPSA) is 41.1 Å². The molecule has 0 aromatic heterocycles. The molecule has 0 saturated heterocycles. The molecule has 1 unspecified atom stereocenters. The van der Waals surface area contributed by atoms with Crippen LogP contribution in [0.15, 0.2) is 46.9 Å². The van der Waals surface area contributed by atoms with Crippen molar-refractivity contribution in [3.63, 3.8) is 0 Å². The zero-order valence-electron chi connectivity index (χ0n) is 11.8. The number of fused-ring (bicyclic) bond motifs is 1. The molecule has 3 nitrogen and oxygen atoms in total. The number of nitrogens with one attached hydrogen (secondary N) is 2. The van der Waals surface area contributed by atoms with Gasteiger partial charge >= 0.3 is 0 Å². The minimum Gasteiger partial charge on any atom is -0.384 e. The lowest BCUT2D eigenvalue weighted by molar-refractivity contribution is -0.116. The summed E-state index contributed by atoms with van der Waals surface area (Å²) in [4.78, 5) is 12.3. The summed E-state index contributed by atoms with van der Waals surface area (Å²) < 4.78 is 0.969. The number of hydrogen-bond acceptors (Lipinski definition) is 2. The molecule has 0 aliphatic carbocycles. The van der Waals surface area contributed by atoms with Crippen LogP contribution in [0.1, 0.15) is 23.5 Å². The molecule has 2 aromatic rings. The molecule has 1 aliphatic heterocycles. The predicted molar refractivity (Wildman–Crippen MR) is 89.8 cm³/mol. The number of aryl methyl sites for hydroxylation is 1. The van der Waals surface area contributed by atoms with Gasteiger partial charge in [-0.05, 0) is 36.2 Å². The number of carbonyl (C=O) groups excluding carboxylic acids is 1. The van der Waals surface area contributed by atoms with E-state index in [1.54, 1.807) is 0 Å². The van der Waals surface area contributed by atoms with Gasteiger partial charge in [-0.1, -0.05) is 40.2 Å². The average Bonchev–Trinajstić information content (AvgIpc) is 2.86. The lowest BCUT2D eigenvalue weighted by Crippen LogP contribution is -2.17. The number of benzene rings is 2. The van der Waals surface area contributed by atoms with E-state index in [-0.39, 0.29) is 11.8 Å². The number of rotatable bonds is 3. The lowest BCUT2D eigenvalue weighted by atomic mass is 9.97. The zero-order valence-corrected chi connectivity index (χ0v) is 13.4. The number of amides is 1. The van der Waals surface area contributed by atoms with Crippen molar-refractivity contribution in [2.45, 2.75) is 19.3 Å². The third kappa shape index (κ3) is 3.10. The zero-order chi connectivity index (χ0) is 14.8. The molecule has 1 heterocycles. The fourth-order valence-corrected chi connectivity index (χ4v) is 3.05. The van der Waals surface area contributed by atoms with Crippen LogP contribution in [0.2, 0.25) is 0 Å². The van der Waals surface area contributed by atoms with Gasteiger partial charge in [0.15, 0.2) is 0 Å². The van der Waals surface area contributed by atoms with Crippen LogP contribution in [-0.2, 0) is 4.79 Å². The predicted octanol–water partition coefficient (Wildman–Crippen LogP) is 4.30. The molecule has 21 heavy (non-hydrogen) atoms. The second-order valence-corrected chi connectivity index (χ2v) is 6.29. The molecule has 1 aliphatic rings. The SMILES string of the molecule is Cc1ccc(Br)cc1NC(=O)CC1CNc2ccccc21. The van der Waals surface area contributed by atoms with Crippen molar-refractivity contribution in [1.82, 2.24) is 0 Å². The van der Waals surface area contributed by atoms with E-state index in [1.807, 2.05) is 37.3 Å². The third-order valence-corrected chi connectivity index (χ3v) is 4.34. The van der Waals surface area contributed by atoms with Crippen molar-refractivity contribution in [3.05, 3.63) is 58.1 Å². The number of para-hydroxylation sites is 1. The highest BCUT2D eigenvalue weighted by molar-refractivity contribution is 9.10. The lowest BCUT2D eigenvalue weighted by Gasteiger charge is -2.12. The first-order valence-corrected chi connectivity index (χ1v) is 7.81. The van der Waals surface area contributed by atoms with Crippen molar-refractivity contribution >= 4 is 33.2 Å². The molecule has 0 saturated carbocycles. The van der Waals surface area contributed by atoms with Gasteiger partial charge in [0, 0.05) is 34.7 Å². The molecule has 0 spiro atoms. The second kappa shape index (κ2) is 5.90. The monoisotopic (exact) mass is 344 g/mol. The van der Waals surface area contributed by atoms with E-state index >= 15 is 0 Å². The first-order chi connectivity index (χ1) is 10.1. The van der Waals surface area contributed by atoms with Crippen LogP contribution in [0.5, 0.6) is 0 Å². The fraction of sp³-hybridized carbons (Fsp3) is 0.235. The van der Waals surface area contributed by atoms with Gasteiger partial charge in [-0.15, -0.1) is 0 Å². The smallest absolute Gasteiger partial charge is 0.225 e. The summed E-state index contributed by atoms with van der Waals surface area (Å²) in [6.45, 7) is 2.82. The number of anilines is 2. The molecule has 0 bridgehead atoms. The molecule has 0 radical (unpaired) electrons. The summed E-state index contributed by atoms with van der Waals surface area (Å²) >= 11 is 3.43. The van der Waals surface area contributed by atoms with E-state index < -0.39 is 0 Å². The average molecular weight is 345 g/mol. The first-order valence-electron chi connectivity index (χ1n) is 7.02. The largest absolute Gasteiger partial charge is 0.384 e. The van der Waals surface area contributed by atoms with Gasteiger partial charge in [-0.2, -0.15) is 0 Å². The van der Waals surface area contributed by atoms with Gasteiger partial charge in [-0.25, -0.2) is 0 Å². The Labute approximate surface area is 132 Å². The maximum absolute atomic E-state index is 12.3. The maximum atomic E-state index is 12.3. The molecular weight excluding hydrogens is 328 g/mol. The molecule has 2 N–H and O–H groups in total. The van der Waals surface area contributed by atoms with Crippen molar-refractivity contribution in [1.29, 1.82) is 0 Å². The molecule has 3 rings (SSSR count). The highest BCUT2D eigenvalue weighted by atomic mass is 79.9. The van der Waals surface area contributed by atoms with Crippen LogP contribution in [0.25, 0.3) is 0 Å². The van der Waals surface area contributed by atoms with Crippen LogP contribution in [0.3, 0.4) is 0 Å². The molecule has 1 amide bonds. The molecule has 1 atom stereocenters. The minimum atomic E-state index is 0.0553. The number of carbonyl (C=O) groups is 1. The Morgan fingerprint density at radius 2 is 2.14 bits per heavy atom. The summed E-state index contributed by atoms with van der Waals surface area (Å²) in [7, 11) is 0. The van der Waals surface area contributed by atoms with E-state index in [0.29, 0.717) is 6.42 Å². The Morgan fingerprint density at radius 1 is 1.33 bits per heavy atom. The number of halogens is 1. The Morgan fingerprint density at radius 3 is 3.00 bits per heavy atom. The van der Waals surface area contributed by atoms with Crippen LogP contribution < -0.4 is 10.6 Å². The highest BCUT2D eigenvalue weighted by Gasteiger charge is 2.24. The minimum absolute atomic E-state index is 0.0553. The van der Waals surface area contributed by atoms with E-state index in [9.17, 15) is 4.79 Å². The van der Waals surface area contributed by atoms with E-state index in [4.69, 9.17) is 0 Å². The van der Waals surface area contributed by atoms with Crippen LogP contribution in [-0.4, -0.2) is 12.5 Å². The third-order valence-electron chi connectivity index (χ3n) is 3.85. The van der Waals surface area contributed by atoms with Gasteiger partial charge in [0.2, 0.25) is 5.91 Å². The summed E-state index contributed by atoms with van der Waals surface area (Å²) in [5.74, 6) is 0.299. The number of hydrogen-bond donors (Lipinski definition) is 2. The van der Waals surface area contributed by atoms with Crippen LogP contribution in [0.4, 0.5) is 11.4 Å². The van der Waals surface area contributed by atoms with Gasteiger partial charge in [0.25, 0.3) is 0 Å². The Kier molecular flexibility index (Phi) is 3.97. The van der Waals surface area contributed by atoms with E-state index in [0.717, 1.165) is 28.0 Å². The Bertz CT molecular complexity index is 684. The van der Waals surface area contributed by atoms with Crippen LogP contribution in [0, 0.1) is 6.92 Å². The van der Waals surface area contributed by atoms with Crippen molar-refractivity contribution in [2.75, 3.05) is 17.2 Å². The summed E-state index contributed by atoms with van der Waals surface area (Å²) in [6.07, 6.45) is 0.496. The molecular formula is C17H17BrN2O. The van der Waals surface area contributed by atoms with Gasteiger partial charge in [0.1, 0.15) is 0 Å². The normalized spacial score (nSPS) is 16.2. The van der Waals surface area contributed by atoms with Gasteiger partial charge < -0.3 is 10.6 Å². The van der Waals surface area contributed by atoms with E-state index in [2.05, 4.69) is 38.7 Å². The molecule has 4 heteroatoms. The van der Waals surface area contributed by atoms with Crippen molar-refractivity contribution in [3.8, 4) is 0 Å². The second-order valence-electron chi connectivity index (χ2n) is 5.38. The summed E-state index contributed by atoms with van der Waals surface area (Å²) in [5.41, 5.74) is 4.32. The molecule has 2 aromatic carbocycles. The van der Waals surface area contributed by atoms with E-state index in [1.165, 1.54) is 5.56 Å². The fourth-order valence-electron chi connectivity index (χ4n) is 2.69. The van der Waals surface area contributed by atoms with Crippen molar-refractivity contribution in [2.24, 2.45) is 0 Å². The van der Waals surface area contributed by atoms with Gasteiger partial charge in [0.05, 0.1) is 0 Å². The summed E-state index contributed by atoms with van der Waals surface area (Å²) in [6, 6.07) is 14.1. The molecule has 108 valence electrons. The van der Waals surface area contributed by atoms with Crippen LogP contribution >= 0.6 is 15.9 Å². The van der Waals surface area contributed by atoms with Crippen molar-refractivity contribution < 1.29 is 4.79 Å². The molecule has 0 fully saturated rings. The summed E-state index contributed by atoms with van der Waals surface area (Å²) in [5, 5.41) is 6.36. The Hall–Kier alpha value is -1.81. The Balaban J connectivity index is 1.69. The quantitative estimate of drug-likeness (QED) is 0.871. The first kappa shape index (κ1) is 14.1.